The van der Waals surface area contributed by atoms with E-state index < -0.39 is 11.7 Å². The van der Waals surface area contributed by atoms with E-state index in [1.165, 1.54) is 0 Å². The van der Waals surface area contributed by atoms with E-state index in [-0.39, 0.29) is 17.3 Å². The highest BCUT2D eigenvalue weighted by molar-refractivity contribution is 5.48. The number of benzene rings is 1. The van der Waals surface area contributed by atoms with Crippen LogP contribution in [0.2, 0.25) is 0 Å². The third-order valence-electron chi connectivity index (χ3n) is 4.27. The van der Waals surface area contributed by atoms with E-state index in [1.54, 1.807) is 12.1 Å². The molecular weight excluding hydrogens is 254 g/mol. The van der Waals surface area contributed by atoms with Crippen LogP contribution >= 0.6 is 0 Å². The fourth-order valence-corrected chi connectivity index (χ4v) is 3.11. The highest BCUT2D eigenvalue weighted by Gasteiger charge is 2.53. The molecule has 0 bridgehead atoms. The number of hydrogen-bond acceptors (Lipinski definition) is 4. The molecule has 0 radical (unpaired) electrons. The second kappa shape index (κ2) is 4.93. The van der Waals surface area contributed by atoms with Crippen LogP contribution in [-0.4, -0.2) is 41.1 Å². The molecule has 4 nitrogen and oxygen atoms in total. The summed E-state index contributed by atoms with van der Waals surface area (Å²) in [4.78, 5) is 2.08. The third kappa shape index (κ3) is 2.76. The van der Waals surface area contributed by atoms with E-state index in [1.807, 2.05) is 46.9 Å². The summed E-state index contributed by atoms with van der Waals surface area (Å²) >= 11 is 0. The number of aliphatic hydroxyl groups is 1. The Hall–Kier alpha value is -1.26. The van der Waals surface area contributed by atoms with Crippen molar-refractivity contribution in [2.45, 2.75) is 45.0 Å². The number of aliphatic hydroxyl groups excluding tert-OH is 1. The van der Waals surface area contributed by atoms with Crippen LogP contribution in [0, 0.1) is 5.92 Å². The Kier molecular flexibility index (Phi) is 3.73. The standard InChI is InChI=1S/C16H25NO3/c1-15(2)13(14(19)16(3,4)20-15)10-17(5)11-6-8-12(18)9-7-11/h6-9,13-14,18-19H,10H2,1-5H3. The molecule has 1 aromatic carbocycles. The van der Waals surface area contributed by atoms with Gasteiger partial charge in [0.25, 0.3) is 0 Å². The van der Waals surface area contributed by atoms with Gasteiger partial charge in [0.2, 0.25) is 0 Å². The van der Waals surface area contributed by atoms with Crippen LogP contribution < -0.4 is 4.90 Å². The van der Waals surface area contributed by atoms with Gasteiger partial charge in [-0.1, -0.05) is 0 Å². The lowest BCUT2D eigenvalue weighted by Gasteiger charge is -2.31. The van der Waals surface area contributed by atoms with Crippen molar-refractivity contribution in [3.63, 3.8) is 0 Å². The van der Waals surface area contributed by atoms with Gasteiger partial charge in [0.1, 0.15) is 5.75 Å². The van der Waals surface area contributed by atoms with Crippen LogP contribution in [0.5, 0.6) is 5.75 Å². The van der Waals surface area contributed by atoms with Crippen LogP contribution in [-0.2, 0) is 4.74 Å². The van der Waals surface area contributed by atoms with Gasteiger partial charge in [-0.25, -0.2) is 0 Å². The van der Waals surface area contributed by atoms with Gasteiger partial charge in [0.05, 0.1) is 17.3 Å². The highest BCUT2D eigenvalue weighted by Crippen LogP contribution is 2.42. The highest BCUT2D eigenvalue weighted by atomic mass is 16.5. The van der Waals surface area contributed by atoms with E-state index in [2.05, 4.69) is 4.90 Å². The number of phenols is 1. The smallest absolute Gasteiger partial charge is 0.115 e. The van der Waals surface area contributed by atoms with Crippen LogP contribution in [0.25, 0.3) is 0 Å². The Labute approximate surface area is 121 Å². The van der Waals surface area contributed by atoms with Gasteiger partial charge in [-0.05, 0) is 52.0 Å². The second-order valence-electron chi connectivity index (χ2n) is 6.76. The summed E-state index contributed by atoms with van der Waals surface area (Å²) < 4.78 is 6.00. The molecule has 2 unspecified atom stereocenters. The monoisotopic (exact) mass is 279 g/mol. The van der Waals surface area contributed by atoms with E-state index in [4.69, 9.17) is 4.74 Å². The van der Waals surface area contributed by atoms with Gasteiger partial charge in [0, 0.05) is 25.2 Å². The minimum atomic E-state index is -0.524. The fourth-order valence-electron chi connectivity index (χ4n) is 3.11. The SMILES string of the molecule is CN(CC1C(O)C(C)(C)OC1(C)C)c1ccc(O)cc1. The second-order valence-corrected chi connectivity index (χ2v) is 6.76. The molecule has 1 fully saturated rings. The summed E-state index contributed by atoms with van der Waals surface area (Å²) in [6.07, 6.45) is -0.503. The molecule has 112 valence electrons. The first-order valence-electron chi connectivity index (χ1n) is 7.02. The van der Waals surface area contributed by atoms with E-state index in [0.29, 0.717) is 6.54 Å². The Bertz CT molecular complexity index is 467. The summed E-state index contributed by atoms with van der Waals surface area (Å²) in [5, 5.41) is 19.8. The van der Waals surface area contributed by atoms with Crippen LogP contribution in [0.15, 0.2) is 24.3 Å². The number of anilines is 1. The lowest BCUT2D eigenvalue weighted by molar-refractivity contribution is -0.0906. The van der Waals surface area contributed by atoms with Crippen molar-refractivity contribution in [2.75, 3.05) is 18.5 Å². The van der Waals surface area contributed by atoms with Crippen molar-refractivity contribution in [1.82, 2.24) is 0 Å². The van der Waals surface area contributed by atoms with Crippen molar-refractivity contribution in [2.24, 2.45) is 5.92 Å². The Balaban J connectivity index is 2.14. The maximum atomic E-state index is 10.5. The molecule has 0 aliphatic carbocycles. The quantitative estimate of drug-likeness (QED) is 0.892. The first-order chi connectivity index (χ1) is 9.13. The summed E-state index contributed by atoms with van der Waals surface area (Å²) in [7, 11) is 1.99. The van der Waals surface area contributed by atoms with E-state index >= 15 is 0 Å². The van der Waals surface area contributed by atoms with Crippen LogP contribution in [0.4, 0.5) is 5.69 Å². The van der Waals surface area contributed by atoms with Crippen molar-refractivity contribution < 1.29 is 14.9 Å². The molecule has 4 heteroatoms. The number of aromatic hydroxyl groups is 1. The molecule has 0 aromatic heterocycles. The number of phenolic OH excluding ortho intramolecular Hbond substituents is 1. The predicted octanol–water partition coefficient (Wildman–Crippen LogP) is 2.39. The van der Waals surface area contributed by atoms with Gasteiger partial charge < -0.3 is 19.8 Å². The van der Waals surface area contributed by atoms with Gasteiger partial charge in [-0.3, -0.25) is 0 Å². The molecule has 20 heavy (non-hydrogen) atoms. The topological polar surface area (TPSA) is 52.9 Å². The Morgan fingerprint density at radius 2 is 1.65 bits per heavy atom. The molecule has 2 atom stereocenters. The summed E-state index contributed by atoms with van der Waals surface area (Å²) in [6.45, 7) is 8.61. The van der Waals surface area contributed by atoms with Crippen molar-refractivity contribution in [3.8, 4) is 5.75 Å². The Morgan fingerprint density at radius 3 is 2.10 bits per heavy atom. The van der Waals surface area contributed by atoms with Crippen LogP contribution in [0.3, 0.4) is 0 Å². The van der Waals surface area contributed by atoms with Crippen molar-refractivity contribution in [3.05, 3.63) is 24.3 Å². The van der Waals surface area contributed by atoms with Gasteiger partial charge in [0.15, 0.2) is 0 Å². The van der Waals surface area contributed by atoms with Crippen LogP contribution in [0.1, 0.15) is 27.7 Å². The summed E-state index contributed by atoms with van der Waals surface area (Å²) in [6, 6.07) is 7.08. The molecule has 2 N–H and O–H groups in total. The fraction of sp³-hybridized carbons (Fsp3) is 0.625. The zero-order valence-corrected chi connectivity index (χ0v) is 12.9. The Morgan fingerprint density at radius 1 is 1.10 bits per heavy atom. The first kappa shape index (κ1) is 15.1. The zero-order valence-electron chi connectivity index (χ0n) is 12.9. The van der Waals surface area contributed by atoms with Gasteiger partial charge >= 0.3 is 0 Å². The molecule has 1 aliphatic heterocycles. The van der Waals surface area contributed by atoms with E-state index in [0.717, 1.165) is 5.69 Å². The number of rotatable bonds is 3. The zero-order chi connectivity index (χ0) is 15.1. The number of hydrogen-bond donors (Lipinski definition) is 2. The van der Waals surface area contributed by atoms with Crippen molar-refractivity contribution in [1.29, 1.82) is 0 Å². The number of nitrogens with zero attached hydrogens (tertiary/aromatic N) is 1. The first-order valence-corrected chi connectivity index (χ1v) is 7.02. The maximum Gasteiger partial charge on any atom is 0.115 e. The third-order valence-corrected chi connectivity index (χ3v) is 4.27. The molecule has 0 spiro atoms. The van der Waals surface area contributed by atoms with Gasteiger partial charge in [-0.15, -0.1) is 0 Å². The summed E-state index contributed by atoms with van der Waals surface area (Å²) in [5.41, 5.74) is 0.119. The summed E-state index contributed by atoms with van der Waals surface area (Å²) in [5.74, 6) is 0.282. The molecule has 1 aromatic rings. The maximum absolute atomic E-state index is 10.5. The lowest BCUT2D eigenvalue weighted by atomic mass is 9.84. The number of ether oxygens (including phenoxy) is 1. The van der Waals surface area contributed by atoms with Gasteiger partial charge in [-0.2, -0.15) is 0 Å². The van der Waals surface area contributed by atoms with Crippen molar-refractivity contribution >= 4 is 5.69 Å². The molecule has 0 saturated carbocycles. The molecule has 1 heterocycles. The molecule has 2 rings (SSSR count). The largest absolute Gasteiger partial charge is 0.508 e. The average Bonchev–Trinajstić information content (AvgIpc) is 2.48. The molecule has 0 amide bonds. The predicted molar refractivity (Wildman–Crippen MR) is 80.1 cm³/mol. The lowest BCUT2D eigenvalue weighted by Crippen LogP contribution is -2.42. The minimum absolute atomic E-state index is 0.0244. The molecule has 1 aliphatic rings. The van der Waals surface area contributed by atoms with E-state index in [9.17, 15) is 10.2 Å². The normalized spacial score (nSPS) is 27.5. The average molecular weight is 279 g/mol. The molecule has 1 saturated heterocycles. The minimum Gasteiger partial charge on any atom is -0.508 e. The molecular formula is C16H25NO3.